The number of nitrogens with one attached hydrogen (secondary N) is 1. The van der Waals surface area contributed by atoms with Crippen LogP contribution in [0.25, 0.3) is 0 Å². The van der Waals surface area contributed by atoms with E-state index in [9.17, 15) is 14.4 Å². The Bertz CT molecular complexity index is 653. The van der Waals surface area contributed by atoms with Crippen LogP contribution in [0.1, 0.15) is 11.1 Å². The molecule has 1 heterocycles. The lowest BCUT2D eigenvalue weighted by molar-refractivity contribution is -0.136. The average Bonchev–Trinajstić information content (AvgIpc) is 2.72. The van der Waals surface area contributed by atoms with Crippen molar-refractivity contribution in [3.8, 4) is 0 Å². The van der Waals surface area contributed by atoms with Gasteiger partial charge in [0.15, 0.2) is 5.41 Å². The summed E-state index contributed by atoms with van der Waals surface area (Å²) in [7, 11) is 0. The lowest BCUT2D eigenvalue weighted by atomic mass is 9.72. The minimum absolute atomic E-state index is 0.500. The summed E-state index contributed by atoms with van der Waals surface area (Å²) in [5.41, 5.74) is -0.571. The fourth-order valence-electron chi connectivity index (χ4n) is 2.59. The van der Waals surface area contributed by atoms with E-state index in [1.54, 1.807) is 60.7 Å². The van der Waals surface area contributed by atoms with Crippen LogP contribution in [0.15, 0.2) is 60.7 Å². The maximum absolute atomic E-state index is 12.4. The summed E-state index contributed by atoms with van der Waals surface area (Å²) in [6.45, 7) is 0. The second-order valence-corrected chi connectivity index (χ2v) is 4.59. The molecule has 1 aliphatic rings. The molecule has 0 bridgehead atoms. The Kier molecular flexibility index (Phi) is 2.71. The second-order valence-electron chi connectivity index (χ2n) is 4.59. The van der Waals surface area contributed by atoms with Crippen LogP contribution in [0.5, 0.6) is 0 Å². The molecule has 98 valence electrons. The van der Waals surface area contributed by atoms with Crippen LogP contribution >= 0.6 is 0 Å². The van der Waals surface area contributed by atoms with Gasteiger partial charge in [0, 0.05) is 0 Å². The maximum atomic E-state index is 12.4. The number of Topliss-reactive ketones (excluding diaryl/α,β-unsaturated/α-hetero) is 1. The molecule has 0 spiro atoms. The number of ketones is 1. The molecule has 0 atom stereocenters. The molecule has 0 aromatic heterocycles. The van der Waals surface area contributed by atoms with Gasteiger partial charge >= 0.3 is 0 Å². The smallest absolute Gasteiger partial charge is 0.288 e. The molecule has 1 fully saturated rings. The molecule has 0 aliphatic carbocycles. The minimum atomic E-state index is -1.57. The summed E-state index contributed by atoms with van der Waals surface area (Å²) in [6, 6.07) is 17.3. The summed E-state index contributed by atoms with van der Waals surface area (Å²) in [6.07, 6.45) is 0. The number of carbonyl (C=O) groups is 3. The topological polar surface area (TPSA) is 63.2 Å². The SMILES string of the molecule is O=C1NC(=O)C(c2ccccc2)(c2ccccc2)C1=O. The standard InChI is InChI=1S/C16H11NO3/c18-13-14(19)17-15(20)16(13,11-7-3-1-4-8-11)12-9-5-2-6-10-12/h1-10H,(H,17,19,20). The van der Waals surface area contributed by atoms with E-state index in [4.69, 9.17) is 0 Å². The average molecular weight is 265 g/mol. The van der Waals surface area contributed by atoms with Crippen molar-refractivity contribution < 1.29 is 14.4 Å². The fourth-order valence-corrected chi connectivity index (χ4v) is 2.59. The molecule has 1 N–H and O–H groups in total. The monoisotopic (exact) mass is 265 g/mol. The van der Waals surface area contributed by atoms with E-state index in [1.165, 1.54) is 0 Å². The molecule has 0 radical (unpaired) electrons. The zero-order valence-electron chi connectivity index (χ0n) is 10.5. The number of rotatable bonds is 2. The van der Waals surface area contributed by atoms with E-state index >= 15 is 0 Å². The van der Waals surface area contributed by atoms with Crippen LogP contribution in [-0.2, 0) is 19.8 Å². The molecule has 2 aromatic rings. The first-order valence-corrected chi connectivity index (χ1v) is 6.18. The van der Waals surface area contributed by atoms with Crippen LogP contribution in [0.4, 0.5) is 0 Å². The molecule has 0 unspecified atom stereocenters. The lowest BCUT2D eigenvalue weighted by Gasteiger charge is -2.24. The zero-order chi connectivity index (χ0) is 14.2. The van der Waals surface area contributed by atoms with Crippen LogP contribution < -0.4 is 5.32 Å². The molecule has 4 heteroatoms. The molecule has 3 rings (SSSR count). The van der Waals surface area contributed by atoms with Gasteiger partial charge in [-0.2, -0.15) is 0 Å². The van der Waals surface area contributed by atoms with E-state index in [0.717, 1.165) is 0 Å². The molecular weight excluding hydrogens is 254 g/mol. The molecule has 0 saturated carbocycles. The number of carbonyl (C=O) groups excluding carboxylic acids is 3. The van der Waals surface area contributed by atoms with Crippen molar-refractivity contribution in [3.63, 3.8) is 0 Å². The highest BCUT2D eigenvalue weighted by atomic mass is 16.2. The van der Waals surface area contributed by atoms with Crippen molar-refractivity contribution in [1.82, 2.24) is 5.32 Å². The fraction of sp³-hybridized carbons (Fsp3) is 0.0625. The Balaban J connectivity index is 2.33. The first-order valence-electron chi connectivity index (χ1n) is 6.18. The van der Waals surface area contributed by atoms with Crippen molar-refractivity contribution in [2.75, 3.05) is 0 Å². The van der Waals surface area contributed by atoms with Gasteiger partial charge in [0.25, 0.3) is 5.91 Å². The highest BCUT2D eigenvalue weighted by Crippen LogP contribution is 2.36. The highest BCUT2D eigenvalue weighted by Gasteiger charge is 2.57. The van der Waals surface area contributed by atoms with Crippen molar-refractivity contribution in [2.24, 2.45) is 0 Å². The molecule has 2 aromatic carbocycles. The third kappa shape index (κ3) is 1.51. The van der Waals surface area contributed by atoms with Crippen LogP contribution in [0, 0.1) is 0 Å². The molecular formula is C16H11NO3. The predicted octanol–water partition coefficient (Wildman–Crippen LogP) is 1.20. The van der Waals surface area contributed by atoms with Gasteiger partial charge in [-0.3, -0.25) is 19.7 Å². The molecule has 1 aliphatic heterocycles. The third-order valence-corrected chi connectivity index (χ3v) is 3.53. The van der Waals surface area contributed by atoms with E-state index in [1.807, 2.05) is 0 Å². The Morgan fingerprint density at radius 2 is 1.15 bits per heavy atom. The van der Waals surface area contributed by atoms with Crippen LogP contribution in [0.3, 0.4) is 0 Å². The van der Waals surface area contributed by atoms with E-state index in [2.05, 4.69) is 5.32 Å². The number of benzene rings is 2. The van der Waals surface area contributed by atoms with Gasteiger partial charge in [0.2, 0.25) is 11.7 Å². The van der Waals surface area contributed by atoms with Crippen LogP contribution in [0.2, 0.25) is 0 Å². The summed E-state index contributed by atoms with van der Waals surface area (Å²) in [4.78, 5) is 36.4. The van der Waals surface area contributed by atoms with Crippen molar-refractivity contribution >= 4 is 17.6 Å². The van der Waals surface area contributed by atoms with Gasteiger partial charge in [0.05, 0.1) is 0 Å². The Labute approximate surface area is 115 Å². The Hall–Kier alpha value is -2.75. The summed E-state index contributed by atoms with van der Waals surface area (Å²) >= 11 is 0. The van der Waals surface area contributed by atoms with Crippen molar-refractivity contribution in [1.29, 1.82) is 0 Å². The van der Waals surface area contributed by atoms with Gasteiger partial charge in [0.1, 0.15) is 0 Å². The van der Waals surface area contributed by atoms with E-state index in [-0.39, 0.29) is 0 Å². The molecule has 4 nitrogen and oxygen atoms in total. The van der Waals surface area contributed by atoms with E-state index < -0.39 is 23.0 Å². The second kappa shape index (κ2) is 4.42. The van der Waals surface area contributed by atoms with Crippen LogP contribution in [-0.4, -0.2) is 17.6 Å². The third-order valence-electron chi connectivity index (χ3n) is 3.53. The highest BCUT2D eigenvalue weighted by molar-refractivity contribution is 6.53. The minimum Gasteiger partial charge on any atom is -0.288 e. The predicted molar refractivity (Wildman–Crippen MR) is 71.8 cm³/mol. The van der Waals surface area contributed by atoms with Gasteiger partial charge in [-0.1, -0.05) is 60.7 Å². The first kappa shape index (κ1) is 12.3. The Morgan fingerprint density at radius 3 is 1.50 bits per heavy atom. The number of hydrogen-bond donors (Lipinski definition) is 1. The van der Waals surface area contributed by atoms with Gasteiger partial charge < -0.3 is 0 Å². The van der Waals surface area contributed by atoms with Gasteiger partial charge in [-0.05, 0) is 11.1 Å². The lowest BCUT2D eigenvalue weighted by Crippen LogP contribution is -2.41. The molecule has 1 saturated heterocycles. The zero-order valence-corrected chi connectivity index (χ0v) is 10.5. The summed E-state index contributed by atoms with van der Waals surface area (Å²) in [5.74, 6) is -2.19. The van der Waals surface area contributed by atoms with Crippen molar-refractivity contribution in [2.45, 2.75) is 5.41 Å². The van der Waals surface area contributed by atoms with Gasteiger partial charge in [-0.15, -0.1) is 0 Å². The van der Waals surface area contributed by atoms with Crippen molar-refractivity contribution in [3.05, 3.63) is 71.8 Å². The quantitative estimate of drug-likeness (QED) is 0.504. The summed E-state index contributed by atoms with van der Waals surface area (Å²) < 4.78 is 0. The number of amides is 2. The largest absolute Gasteiger partial charge is 0.295 e. The van der Waals surface area contributed by atoms with E-state index in [0.29, 0.717) is 11.1 Å². The summed E-state index contributed by atoms with van der Waals surface area (Å²) in [5, 5.41) is 2.13. The first-order chi connectivity index (χ1) is 9.67. The normalized spacial score (nSPS) is 17.1. The number of imide groups is 1. The Morgan fingerprint density at radius 1 is 0.700 bits per heavy atom. The number of hydrogen-bond acceptors (Lipinski definition) is 3. The maximum Gasteiger partial charge on any atom is 0.295 e. The van der Waals surface area contributed by atoms with Gasteiger partial charge in [-0.25, -0.2) is 0 Å². The molecule has 20 heavy (non-hydrogen) atoms. The molecule has 2 amide bonds.